The molecule has 1 atom stereocenters. The normalized spacial score (nSPS) is 16.6. The molecule has 1 aliphatic rings. The Kier molecular flexibility index (Phi) is 5.37. The molecule has 0 radical (unpaired) electrons. The van der Waals surface area contributed by atoms with E-state index in [4.69, 9.17) is 0 Å². The number of hydrogen-bond donors (Lipinski definition) is 2. The summed E-state index contributed by atoms with van der Waals surface area (Å²) in [6.07, 6.45) is 6.04. The number of fused-ring (bicyclic) bond motifs is 1. The van der Waals surface area contributed by atoms with Crippen LogP contribution >= 0.6 is 0 Å². The molecule has 4 rings (SSSR count). The van der Waals surface area contributed by atoms with Gasteiger partial charge < -0.3 is 10.2 Å². The smallest absolute Gasteiger partial charge is 0.225 e. The highest BCUT2D eigenvalue weighted by Crippen LogP contribution is 2.22. The first kappa shape index (κ1) is 18.2. The van der Waals surface area contributed by atoms with Crippen LogP contribution in [-0.4, -0.2) is 39.5 Å². The molecule has 1 aromatic heterocycles. The fourth-order valence-corrected chi connectivity index (χ4v) is 3.82. The summed E-state index contributed by atoms with van der Waals surface area (Å²) in [7, 11) is 0. The third kappa shape index (κ3) is 4.22. The van der Waals surface area contributed by atoms with Gasteiger partial charge in [0, 0.05) is 32.1 Å². The van der Waals surface area contributed by atoms with E-state index in [9.17, 15) is 9.59 Å². The van der Waals surface area contributed by atoms with E-state index in [-0.39, 0.29) is 17.9 Å². The molecule has 28 heavy (non-hydrogen) atoms. The summed E-state index contributed by atoms with van der Waals surface area (Å²) >= 11 is 0. The zero-order valence-electron chi connectivity index (χ0n) is 15.7. The number of nitrogens with zero attached hydrogens (tertiary/aromatic N) is 2. The Bertz CT molecular complexity index is 962. The number of H-pyrrole nitrogens is 1. The Labute approximate surface area is 163 Å². The topological polar surface area (TPSA) is 78.1 Å². The minimum atomic E-state index is -0.107. The van der Waals surface area contributed by atoms with E-state index in [2.05, 4.69) is 39.8 Å². The molecule has 0 bridgehead atoms. The summed E-state index contributed by atoms with van der Waals surface area (Å²) in [5, 5.41) is 12.0. The van der Waals surface area contributed by atoms with Crippen LogP contribution in [0.2, 0.25) is 0 Å². The van der Waals surface area contributed by atoms with Crippen LogP contribution in [0.1, 0.15) is 30.4 Å². The van der Waals surface area contributed by atoms with Crippen molar-refractivity contribution in [1.29, 1.82) is 0 Å². The molecule has 2 N–H and O–H groups in total. The van der Waals surface area contributed by atoms with E-state index in [1.54, 1.807) is 6.20 Å². The lowest BCUT2D eigenvalue weighted by atomic mass is 10.0. The summed E-state index contributed by atoms with van der Waals surface area (Å²) in [6.45, 7) is 1.14. The van der Waals surface area contributed by atoms with Crippen LogP contribution in [0, 0.1) is 0 Å². The van der Waals surface area contributed by atoms with Gasteiger partial charge in [0.15, 0.2) is 0 Å². The summed E-state index contributed by atoms with van der Waals surface area (Å²) in [5.74, 6) is 0.102. The molecule has 0 saturated carbocycles. The van der Waals surface area contributed by atoms with Gasteiger partial charge in [0.05, 0.1) is 12.2 Å². The molecule has 2 aromatic carbocycles. The first-order valence-corrected chi connectivity index (χ1v) is 9.70. The van der Waals surface area contributed by atoms with E-state index < -0.39 is 0 Å². The molecule has 1 saturated heterocycles. The molecule has 1 fully saturated rings. The van der Waals surface area contributed by atoms with Crippen LogP contribution in [0.25, 0.3) is 10.8 Å². The number of aromatic amines is 1. The van der Waals surface area contributed by atoms with Gasteiger partial charge in [-0.05, 0) is 34.7 Å². The van der Waals surface area contributed by atoms with E-state index in [1.807, 2.05) is 29.3 Å². The lowest BCUT2D eigenvalue weighted by Gasteiger charge is -2.18. The third-order valence-electron chi connectivity index (χ3n) is 5.24. The Balaban J connectivity index is 1.30. The maximum atomic E-state index is 12.4. The lowest BCUT2D eigenvalue weighted by Crippen LogP contribution is -2.36. The molecular formula is C22H24N4O2. The molecule has 2 amide bonds. The number of nitrogens with one attached hydrogen (secondary N) is 2. The van der Waals surface area contributed by atoms with Crippen molar-refractivity contribution < 1.29 is 9.59 Å². The average Bonchev–Trinajstić information content (AvgIpc) is 3.32. The largest absolute Gasteiger partial charge is 0.351 e. The fourth-order valence-electron chi connectivity index (χ4n) is 3.82. The SMILES string of the molecule is O=C(CCCc1cn[nH]c1)N[C@H]1CC(=O)N(Cc2cccc3ccccc23)C1. The van der Waals surface area contributed by atoms with Gasteiger partial charge in [-0.1, -0.05) is 42.5 Å². The van der Waals surface area contributed by atoms with Crippen LogP contribution in [0.4, 0.5) is 0 Å². The molecule has 6 nitrogen and oxygen atoms in total. The number of aryl methyl sites for hydroxylation is 1. The molecule has 6 heteroatoms. The minimum Gasteiger partial charge on any atom is -0.351 e. The van der Waals surface area contributed by atoms with Gasteiger partial charge in [-0.3, -0.25) is 14.7 Å². The van der Waals surface area contributed by atoms with Crippen LogP contribution in [0.15, 0.2) is 54.9 Å². The van der Waals surface area contributed by atoms with Crippen LogP contribution in [0.5, 0.6) is 0 Å². The minimum absolute atomic E-state index is 0.00769. The Morgan fingerprint density at radius 1 is 1.21 bits per heavy atom. The van der Waals surface area contributed by atoms with Crippen LogP contribution in [-0.2, 0) is 22.6 Å². The van der Waals surface area contributed by atoms with Crippen molar-refractivity contribution >= 4 is 22.6 Å². The molecule has 144 valence electrons. The van der Waals surface area contributed by atoms with E-state index >= 15 is 0 Å². The Hall–Kier alpha value is -3.15. The predicted octanol–water partition coefficient (Wildman–Crippen LogP) is 2.80. The zero-order valence-corrected chi connectivity index (χ0v) is 15.7. The number of amides is 2. The van der Waals surface area contributed by atoms with Gasteiger partial charge in [0.2, 0.25) is 11.8 Å². The van der Waals surface area contributed by atoms with Gasteiger partial charge in [0.1, 0.15) is 0 Å². The predicted molar refractivity (Wildman–Crippen MR) is 107 cm³/mol. The second-order valence-electron chi connectivity index (χ2n) is 7.34. The van der Waals surface area contributed by atoms with E-state index in [1.165, 1.54) is 10.8 Å². The van der Waals surface area contributed by atoms with Crippen LogP contribution in [0.3, 0.4) is 0 Å². The van der Waals surface area contributed by atoms with Crippen molar-refractivity contribution in [3.63, 3.8) is 0 Å². The number of hydrogen-bond acceptors (Lipinski definition) is 3. The highest BCUT2D eigenvalue weighted by Gasteiger charge is 2.30. The van der Waals surface area contributed by atoms with Crippen molar-refractivity contribution in [2.45, 2.75) is 38.3 Å². The Morgan fingerprint density at radius 3 is 2.93 bits per heavy atom. The zero-order chi connectivity index (χ0) is 19.3. The van der Waals surface area contributed by atoms with E-state index in [0.29, 0.717) is 25.9 Å². The lowest BCUT2D eigenvalue weighted by molar-refractivity contribution is -0.128. The first-order chi connectivity index (χ1) is 13.7. The third-order valence-corrected chi connectivity index (χ3v) is 5.24. The first-order valence-electron chi connectivity index (χ1n) is 9.70. The summed E-state index contributed by atoms with van der Waals surface area (Å²) in [4.78, 5) is 26.5. The van der Waals surface area contributed by atoms with Gasteiger partial charge in [-0.15, -0.1) is 0 Å². The fraction of sp³-hybridized carbons (Fsp3) is 0.318. The molecule has 0 unspecified atom stereocenters. The number of carbonyl (C=O) groups is 2. The van der Waals surface area contributed by atoms with E-state index in [0.717, 1.165) is 24.0 Å². The molecule has 0 aliphatic carbocycles. The standard InChI is InChI=1S/C22H24N4O2/c27-21(10-3-5-16-12-23-24-13-16)25-19-11-22(28)26(15-19)14-18-8-4-7-17-6-1-2-9-20(17)18/h1-2,4,6-9,12-13,19H,3,5,10-11,14-15H2,(H,23,24)(H,25,27)/t19-/m0/s1. The highest BCUT2D eigenvalue weighted by atomic mass is 16.2. The maximum Gasteiger partial charge on any atom is 0.225 e. The van der Waals surface area contributed by atoms with Crippen molar-refractivity contribution in [3.05, 3.63) is 66.0 Å². The van der Waals surface area contributed by atoms with Gasteiger partial charge in [-0.25, -0.2) is 0 Å². The average molecular weight is 376 g/mol. The summed E-state index contributed by atoms with van der Waals surface area (Å²) in [6, 6.07) is 14.3. The number of aromatic nitrogens is 2. The van der Waals surface area contributed by atoms with Crippen molar-refractivity contribution in [3.8, 4) is 0 Å². The summed E-state index contributed by atoms with van der Waals surface area (Å²) in [5.41, 5.74) is 2.24. The van der Waals surface area contributed by atoms with Gasteiger partial charge >= 0.3 is 0 Å². The maximum absolute atomic E-state index is 12.4. The second-order valence-corrected chi connectivity index (χ2v) is 7.34. The highest BCUT2D eigenvalue weighted by molar-refractivity contribution is 5.87. The molecule has 1 aliphatic heterocycles. The van der Waals surface area contributed by atoms with Crippen molar-refractivity contribution in [2.24, 2.45) is 0 Å². The Morgan fingerprint density at radius 2 is 2.07 bits per heavy atom. The monoisotopic (exact) mass is 376 g/mol. The quantitative estimate of drug-likeness (QED) is 0.666. The van der Waals surface area contributed by atoms with Crippen LogP contribution < -0.4 is 5.32 Å². The number of rotatable bonds is 7. The number of carbonyl (C=O) groups excluding carboxylic acids is 2. The number of likely N-dealkylation sites (tertiary alicyclic amines) is 1. The van der Waals surface area contributed by atoms with Gasteiger partial charge in [0.25, 0.3) is 0 Å². The number of benzene rings is 2. The van der Waals surface area contributed by atoms with Crippen molar-refractivity contribution in [1.82, 2.24) is 20.4 Å². The second kappa shape index (κ2) is 8.25. The molecule has 2 heterocycles. The van der Waals surface area contributed by atoms with Crippen molar-refractivity contribution in [2.75, 3.05) is 6.54 Å². The molecular weight excluding hydrogens is 352 g/mol. The molecule has 3 aromatic rings. The summed E-state index contributed by atoms with van der Waals surface area (Å²) < 4.78 is 0. The van der Waals surface area contributed by atoms with Gasteiger partial charge in [-0.2, -0.15) is 5.10 Å². The molecule has 0 spiro atoms.